The number of hydrogen-bond acceptors (Lipinski definition) is 11. The van der Waals surface area contributed by atoms with E-state index in [-0.39, 0.29) is 26.2 Å². The third-order valence-electron chi connectivity index (χ3n) is 7.17. The topological polar surface area (TPSA) is 115 Å². The summed E-state index contributed by atoms with van der Waals surface area (Å²) >= 11 is 0. The molecule has 11 nitrogen and oxygen atoms in total. The van der Waals surface area contributed by atoms with Gasteiger partial charge in [-0.2, -0.15) is 0 Å². The Morgan fingerprint density at radius 1 is 0.611 bits per heavy atom. The number of benzene rings is 2. The predicted octanol–water partition coefficient (Wildman–Crippen LogP) is 0.910. The van der Waals surface area contributed by atoms with Crippen LogP contribution >= 0.6 is 14.4 Å². The first-order chi connectivity index (χ1) is 17.1. The van der Waals surface area contributed by atoms with Crippen LogP contribution in [-0.4, -0.2) is 83.9 Å². The van der Waals surface area contributed by atoms with Crippen molar-refractivity contribution >= 4 is 48.9 Å². The first kappa shape index (κ1) is 23.5. The summed E-state index contributed by atoms with van der Waals surface area (Å²) < 4.78 is 28.6. The van der Waals surface area contributed by atoms with E-state index in [0.717, 1.165) is 0 Å². The number of nitrogens with zero attached hydrogens (tertiary/aromatic N) is 3. The number of rotatable bonds is 5. The zero-order valence-corrected chi connectivity index (χ0v) is 21.5. The number of carbonyl (C=O) groups is 4. The molecule has 0 amide bonds. The van der Waals surface area contributed by atoms with Crippen LogP contribution in [0.5, 0.6) is 0 Å². The molecule has 190 valence electrons. The van der Waals surface area contributed by atoms with Crippen molar-refractivity contribution in [3.05, 3.63) is 60.7 Å². The van der Waals surface area contributed by atoms with Crippen molar-refractivity contribution in [3.63, 3.8) is 0 Å². The van der Waals surface area contributed by atoms with Crippen LogP contribution in [0.15, 0.2) is 60.7 Å². The molecule has 4 aliphatic rings. The van der Waals surface area contributed by atoms with Gasteiger partial charge >= 0.3 is 207 Å². The third kappa shape index (κ3) is 2.54. The summed E-state index contributed by atoms with van der Waals surface area (Å²) in [6.07, 6.45) is 0. The second-order valence-electron chi connectivity index (χ2n) is 9.43. The van der Waals surface area contributed by atoms with E-state index in [1.54, 1.807) is 89.0 Å². The molecule has 2 aromatic rings. The molecular formula is C23H25N3O8P2. The third-order valence-corrected chi connectivity index (χ3v) is 19.6. The van der Waals surface area contributed by atoms with Gasteiger partial charge in [-0.1, -0.05) is 0 Å². The van der Waals surface area contributed by atoms with Crippen LogP contribution in [-0.2, 0) is 37.3 Å². The molecule has 0 atom stereocenters. The van der Waals surface area contributed by atoms with Gasteiger partial charge in [0.1, 0.15) is 0 Å². The first-order valence-corrected chi connectivity index (χ1v) is 15.6. The molecule has 0 saturated carbocycles. The number of hydrogen-bond donors (Lipinski definition) is 0. The molecule has 4 aliphatic heterocycles. The molecule has 0 aliphatic carbocycles. The molecule has 4 fully saturated rings. The summed E-state index contributed by atoms with van der Waals surface area (Å²) in [6.45, 7) is -0.810. The normalized spacial score (nSPS) is 28.4. The second kappa shape index (κ2) is 7.31. The van der Waals surface area contributed by atoms with Gasteiger partial charge in [0.15, 0.2) is 0 Å². The Kier molecular flexibility index (Phi) is 4.76. The summed E-state index contributed by atoms with van der Waals surface area (Å²) in [4.78, 5) is 54.1. The second-order valence-corrected chi connectivity index (χ2v) is 17.6. The molecule has 6 rings (SSSR count). The SMILES string of the molecule is CN(C)C(P12(c3ccccc3)OC(=O)CN1CC(=O)O2)P12(c3ccccc3)OC(=O)CN1CC(=O)O2. The van der Waals surface area contributed by atoms with Crippen molar-refractivity contribution in [2.24, 2.45) is 0 Å². The molecule has 0 unspecified atom stereocenters. The molecule has 0 radical (unpaired) electrons. The fourth-order valence-corrected chi connectivity index (χ4v) is 20.9. The van der Waals surface area contributed by atoms with Crippen molar-refractivity contribution in [1.82, 2.24) is 14.2 Å². The molecule has 4 heterocycles. The van der Waals surface area contributed by atoms with E-state index in [4.69, 9.17) is 18.1 Å². The molecule has 4 saturated heterocycles. The Balaban J connectivity index is 1.80. The maximum atomic E-state index is 13.1. The summed E-state index contributed by atoms with van der Waals surface area (Å²) in [5.41, 5.74) is -1.16. The van der Waals surface area contributed by atoms with Crippen molar-refractivity contribution in [3.8, 4) is 0 Å². The maximum absolute atomic E-state index is 13.1. The summed E-state index contributed by atoms with van der Waals surface area (Å²) in [6, 6.07) is 17.6. The summed E-state index contributed by atoms with van der Waals surface area (Å²) in [5, 5.41) is 0.916. The molecule has 2 aromatic carbocycles. The van der Waals surface area contributed by atoms with Gasteiger partial charge in [0.2, 0.25) is 0 Å². The van der Waals surface area contributed by atoms with E-state index >= 15 is 0 Å². The van der Waals surface area contributed by atoms with E-state index in [2.05, 4.69) is 0 Å². The van der Waals surface area contributed by atoms with Gasteiger partial charge in [-0.3, -0.25) is 0 Å². The van der Waals surface area contributed by atoms with Gasteiger partial charge in [-0.05, 0) is 0 Å². The Hall–Kier alpha value is -2.94. The van der Waals surface area contributed by atoms with Gasteiger partial charge in [0.05, 0.1) is 0 Å². The minimum absolute atomic E-state index is 0.202. The Labute approximate surface area is 207 Å². The van der Waals surface area contributed by atoms with Crippen molar-refractivity contribution in [2.75, 3.05) is 40.3 Å². The Bertz CT molecular complexity index is 1180. The standard InChI is InChI=1S/C23H25N3O8P2/c1-24(2)23(35(17-9-5-3-6-10-17)25(13-19(27)31-35)14-20(28)32-35)36(18-11-7-4-8-12-18)26(15-21(29)33-36)16-22(30)34-36/h3-12,23H,13-16H2,1-2H3. The average molecular weight is 533 g/mol. The van der Waals surface area contributed by atoms with E-state index in [1.807, 2.05) is 0 Å². The van der Waals surface area contributed by atoms with Crippen molar-refractivity contribution in [2.45, 2.75) is 5.52 Å². The van der Waals surface area contributed by atoms with E-state index in [0.29, 0.717) is 10.6 Å². The molecule has 36 heavy (non-hydrogen) atoms. The molecule has 13 heteroatoms. The molecule has 0 bridgehead atoms. The number of carbonyl (C=O) groups excluding carboxylic acids is 4. The van der Waals surface area contributed by atoms with Crippen molar-refractivity contribution < 1.29 is 37.3 Å². The Morgan fingerprint density at radius 3 is 1.19 bits per heavy atom. The van der Waals surface area contributed by atoms with Gasteiger partial charge in [-0.15, -0.1) is 0 Å². The molecule has 0 spiro atoms. The number of fused-ring (bicyclic) bond motifs is 2. The fraction of sp³-hybridized carbons (Fsp3) is 0.304. The molecular weight excluding hydrogens is 508 g/mol. The van der Waals surface area contributed by atoms with Crippen LogP contribution in [0.1, 0.15) is 0 Å². The van der Waals surface area contributed by atoms with Gasteiger partial charge in [-0.25, -0.2) is 0 Å². The summed E-state index contributed by atoms with van der Waals surface area (Å²) in [5.74, 6) is -2.32. The van der Waals surface area contributed by atoms with E-state index in [9.17, 15) is 19.2 Å². The van der Waals surface area contributed by atoms with E-state index < -0.39 is 43.8 Å². The minimum atomic E-state index is -4.83. The van der Waals surface area contributed by atoms with E-state index in [1.165, 1.54) is 0 Å². The van der Waals surface area contributed by atoms with Gasteiger partial charge < -0.3 is 0 Å². The quantitative estimate of drug-likeness (QED) is 0.511. The zero-order chi connectivity index (χ0) is 25.4. The Morgan fingerprint density at radius 2 is 0.917 bits per heavy atom. The average Bonchev–Trinajstić information content (AvgIpc) is 3.45. The van der Waals surface area contributed by atoms with Gasteiger partial charge in [0.25, 0.3) is 0 Å². The van der Waals surface area contributed by atoms with Crippen LogP contribution in [0.2, 0.25) is 0 Å². The molecule has 0 N–H and O–H groups in total. The summed E-state index contributed by atoms with van der Waals surface area (Å²) in [7, 11) is -6.22. The van der Waals surface area contributed by atoms with Crippen LogP contribution < -0.4 is 10.6 Å². The predicted molar refractivity (Wildman–Crippen MR) is 131 cm³/mol. The molecule has 0 aromatic heterocycles. The van der Waals surface area contributed by atoms with Crippen LogP contribution in [0.3, 0.4) is 0 Å². The van der Waals surface area contributed by atoms with Crippen molar-refractivity contribution in [1.29, 1.82) is 0 Å². The monoisotopic (exact) mass is 533 g/mol. The zero-order valence-electron chi connectivity index (χ0n) is 19.7. The fourth-order valence-electron chi connectivity index (χ4n) is 6.28. The first-order valence-electron chi connectivity index (χ1n) is 11.4. The van der Waals surface area contributed by atoms with Crippen LogP contribution in [0.4, 0.5) is 0 Å². The van der Waals surface area contributed by atoms with Gasteiger partial charge in [0, 0.05) is 0 Å². The van der Waals surface area contributed by atoms with Crippen LogP contribution in [0.25, 0.3) is 0 Å². The van der Waals surface area contributed by atoms with Crippen LogP contribution in [0, 0.1) is 0 Å².